The van der Waals surface area contributed by atoms with E-state index in [0.717, 1.165) is 16.8 Å². The normalized spacial score (nSPS) is 11.1. The van der Waals surface area contributed by atoms with Gasteiger partial charge in [-0.3, -0.25) is 16.5 Å². The van der Waals surface area contributed by atoms with Crippen molar-refractivity contribution in [3.8, 4) is 0 Å². The number of hydrogen-bond acceptors (Lipinski definition) is 4. The van der Waals surface area contributed by atoms with E-state index in [2.05, 4.69) is 25.6 Å². The molecule has 0 saturated heterocycles. The van der Waals surface area contributed by atoms with Crippen LogP contribution in [-0.4, -0.2) is 36.9 Å². The Kier molecular flexibility index (Phi) is 8.59. The summed E-state index contributed by atoms with van der Waals surface area (Å²) in [5, 5.41) is 8.29. The molecule has 0 heterocycles. The van der Waals surface area contributed by atoms with Crippen molar-refractivity contribution < 1.29 is 4.79 Å². The van der Waals surface area contributed by atoms with Gasteiger partial charge in [-0.1, -0.05) is 19.1 Å². The zero-order valence-corrected chi connectivity index (χ0v) is 17.7. The molecule has 0 saturated carbocycles. The van der Waals surface area contributed by atoms with Gasteiger partial charge in [0.05, 0.1) is 0 Å². The van der Waals surface area contributed by atoms with Gasteiger partial charge in [-0.2, -0.15) is 0 Å². The zero-order chi connectivity index (χ0) is 22.8. The molecule has 2 rings (SSSR count). The van der Waals surface area contributed by atoms with Crippen molar-refractivity contribution in [3.05, 3.63) is 59.7 Å². The first-order chi connectivity index (χ1) is 14.7. The van der Waals surface area contributed by atoms with Crippen molar-refractivity contribution >= 4 is 35.4 Å². The minimum Gasteiger partial charge on any atom is -0.370 e. The standard InChI is InChI=1S/C21H29N9O/c1-13(11-26-19(22)23)15-3-7-17(8-4-15)29-21(31)30-18-9-5-16(6-10-18)14(2)27-12-28-20(24)25/h3-10,12-13,20H,11,24-25H2,1-2H3,(H6,22,23,26,27,28,29,30,31)/p+1. The summed E-state index contributed by atoms with van der Waals surface area (Å²) < 4.78 is 4.22. The van der Waals surface area contributed by atoms with E-state index in [-0.39, 0.29) is 17.9 Å². The topological polar surface area (TPSA) is 184 Å². The van der Waals surface area contributed by atoms with E-state index in [0.29, 0.717) is 17.9 Å². The molecular formula is C21H30N9O+. The largest absolute Gasteiger partial charge is 0.370 e. The van der Waals surface area contributed by atoms with Crippen molar-refractivity contribution in [1.29, 1.82) is 0 Å². The van der Waals surface area contributed by atoms with Crippen LogP contribution in [0.25, 0.3) is 0 Å². The number of nitrogens with zero attached hydrogens (tertiary/aromatic N) is 2. The summed E-state index contributed by atoms with van der Waals surface area (Å²) in [5.41, 5.74) is 25.6. The number of carbonyl (C=O) groups excluding carboxylic acids is 1. The van der Waals surface area contributed by atoms with Crippen LogP contribution in [-0.2, 0) is 0 Å². The number of aliphatic imine (C=N–C) groups is 1. The average Bonchev–Trinajstić information content (AvgIpc) is 2.72. The molecule has 164 valence electrons. The number of hydrogen-bond donors (Lipinski definition) is 7. The number of benzene rings is 2. The third-order valence-corrected chi connectivity index (χ3v) is 4.37. The number of rotatable bonds is 8. The molecule has 0 aromatic heterocycles. The summed E-state index contributed by atoms with van der Waals surface area (Å²) in [6.07, 6.45) is 0.790. The highest BCUT2D eigenvalue weighted by atomic mass is 16.2. The molecule has 11 N–H and O–H groups in total. The fourth-order valence-electron chi connectivity index (χ4n) is 2.63. The molecule has 10 heteroatoms. The Morgan fingerprint density at radius 3 is 2.10 bits per heavy atom. The van der Waals surface area contributed by atoms with Gasteiger partial charge in [-0.15, -0.1) is 0 Å². The summed E-state index contributed by atoms with van der Waals surface area (Å²) >= 11 is 0. The lowest BCUT2D eigenvalue weighted by Crippen LogP contribution is -2.44. The van der Waals surface area contributed by atoms with Gasteiger partial charge >= 0.3 is 12.4 Å². The Bertz CT molecular complexity index is 955. The molecular weight excluding hydrogens is 394 g/mol. The number of guanidine groups is 1. The Morgan fingerprint density at radius 1 is 1.03 bits per heavy atom. The highest BCUT2D eigenvalue weighted by Gasteiger charge is 2.08. The average molecular weight is 425 g/mol. The van der Waals surface area contributed by atoms with Gasteiger partial charge in [0.2, 0.25) is 5.71 Å². The van der Waals surface area contributed by atoms with E-state index >= 15 is 0 Å². The summed E-state index contributed by atoms with van der Waals surface area (Å²) in [6, 6.07) is 14.5. The summed E-state index contributed by atoms with van der Waals surface area (Å²) in [6.45, 7) is 4.39. The summed E-state index contributed by atoms with van der Waals surface area (Å²) in [7, 11) is 0. The molecule has 2 aromatic carbocycles. The van der Waals surface area contributed by atoms with E-state index < -0.39 is 6.29 Å². The second-order valence-corrected chi connectivity index (χ2v) is 6.98. The van der Waals surface area contributed by atoms with Crippen LogP contribution in [0, 0.1) is 0 Å². The maximum Gasteiger partial charge on any atom is 0.333 e. The van der Waals surface area contributed by atoms with Crippen LogP contribution in [0.4, 0.5) is 16.2 Å². The molecule has 0 bridgehead atoms. The van der Waals surface area contributed by atoms with Crippen molar-refractivity contribution in [2.75, 3.05) is 17.2 Å². The minimum absolute atomic E-state index is 0.0731. The molecule has 0 aliphatic rings. The highest BCUT2D eigenvalue weighted by molar-refractivity contribution is 6.01. The van der Waals surface area contributed by atoms with Gasteiger partial charge in [-0.25, -0.2) is 14.8 Å². The Morgan fingerprint density at radius 2 is 1.58 bits per heavy atom. The van der Waals surface area contributed by atoms with Crippen LogP contribution in [0.5, 0.6) is 0 Å². The second kappa shape index (κ2) is 11.4. The summed E-state index contributed by atoms with van der Waals surface area (Å²) in [4.78, 5) is 16.3. The molecule has 0 aliphatic carbocycles. The predicted molar refractivity (Wildman–Crippen MR) is 128 cm³/mol. The number of amides is 2. The number of anilines is 2. The lowest BCUT2D eigenvalue weighted by molar-refractivity contribution is 0.262. The fraction of sp³-hybridized carbons (Fsp3) is 0.238. The SMILES string of the molecule is CC(=[N+]=CNC(N)N)c1ccc(NC(=O)Nc2ccc(C(C)CN=C(N)N)cc2)cc1. The first-order valence-electron chi connectivity index (χ1n) is 9.71. The second-order valence-electron chi connectivity index (χ2n) is 6.98. The summed E-state index contributed by atoms with van der Waals surface area (Å²) in [5.74, 6) is 0.236. The van der Waals surface area contributed by atoms with Crippen LogP contribution < -0.4 is 43.6 Å². The minimum atomic E-state index is -0.661. The van der Waals surface area contributed by atoms with Crippen LogP contribution in [0.2, 0.25) is 0 Å². The van der Waals surface area contributed by atoms with Crippen molar-refractivity contribution in [3.63, 3.8) is 0 Å². The van der Waals surface area contributed by atoms with Gasteiger partial charge in [-0.05, 0) is 42.0 Å². The lowest BCUT2D eigenvalue weighted by Gasteiger charge is -2.11. The molecule has 10 nitrogen and oxygen atoms in total. The molecule has 0 spiro atoms. The van der Waals surface area contributed by atoms with Crippen LogP contribution in [0.15, 0.2) is 53.5 Å². The van der Waals surface area contributed by atoms with Crippen molar-refractivity contribution in [1.82, 2.24) is 9.98 Å². The van der Waals surface area contributed by atoms with Crippen molar-refractivity contribution in [2.45, 2.75) is 26.1 Å². The van der Waals surface area contributed by atoms with Gasteiger partial charge in [0.15, 0.2) is 12.2 Å². The first kappa shape index (κ1) is 23.4. The molecule has 2 amide bonds. The van der Waals surface area contributed by atoms with Crippen molar-refractivity contribution in [2.24, 2.45) is 27.9 Å². The third kappa shape index (κ3) is 8.19. The van der Waals surface area contributed by atoms with E-state index in [9.17, 15) is 4.79 Å². The molecule has 0 aliphatic heterocycles. The van der Waals surface area contributed by atoms with Crippen LogP contribution in [0.3, 0.4) is 0 Å². The number of nitrogens with one attached hydrogen (secondary N) is 3. The van der Waals surface area contributed by atoms with E-state index in [1.165, 1.54) is 6.34 Å². The molecule has 1 atom stereocenters. The van der Waals surface area contributed by atoms with E-state index in [1.54, 1.807) is 12.1 Å². The maximum atomic E-state index is 12.3. The lowest BCUT2D eigenvalue weighted by atomic mass is 10.0. The van der Waals surface area contributed by atoms with Gasteiger partial charge in [0.25, 0.3) is 0 Å². The molecule has 2 aromatic rings. The van der Waals surface area contributed by atoms with Crippen LogP contribution >= 0.6 is 0 Å². The Balaban J connectivity index is 1.92. The van der Waals surface area contributed by atoms with E-state index in [4.69, 9.17) is 22.9 Å². The molecule has 0 fully saturated rings. The van der Waals surface area contributed by atoms with E-state index in [1.807, 2.05) is 50.2 Å². The molecule has 1 unspecified atom stereocenters. The highest BCUT2D eigenvalue weighted by Crippen LogP contribution is 2.19. The molecule has 0 radical (unpaired) electrons. The monoisotopic (exact) mass is 424 g/mol. The van der Waals surface area contributed by atoms with Gasteiger partial charge in [0.1, 0.15) is 0 Å². The third-order valence-electron chi connectivity index (χ3n) is 4.37. The zero-order valence-electron chi connectivity index (χ0n) is 17.7. The smallest absolute Gasteiger partial charge is 0.333 e. The number of urea groups is 1. The Hall–Kier alpha value is -3.85. The van der Waals surface area contributed by atoms with Gasteiger partial charge < -0.3 is 22.1 Å². The maximum absolute atomic E-state index is 12.3. The van der Waals surface area contributed by atoms with Gasteiger partial charge in [0, 0.05) is 36.3 Å². The predicted octanol–water partition coefficient (Wildman–Crippen LogP) is 0.403. The Labute approximate surface area is 181 Å². The fourth-order valence-corrected chi connectivity index (χ4v) is 2.63. The number of nitrogens with two attached hydrogens (primary N) is 4. The quantitative estimate of drug-likeness (QED) is 0.139. The molecule has 31 heavy (non-hydrogen) atoms. The van der Waals surface area contributed by atoms with Crippen LogP contribution in [0.1, 0.15) is 30.9 Å². The number of carbonyl (C=O) groups is 1. The first-order valence-corrected chi connectivity index (χ1v) is 9.71.